The van der Waals surface area contributed by atoms with Crippen molar-refractivity contribution in [2.24, 2.45) is 0 Å². The number of hydrogen-bond donors (Lipinski definition) is 0. The molecule has 0 amide bonds. The predicted molar refractivity (Wildman–Crippen MR) is 130 cm³/mol. The molecule has 5 aromatic rings. The summed E-state index contributed by atoms with van der Waals surface area (Å²) in [6.07, 6.45) is 0. The molecule has 3 heteroatoms. The molecule has 0 spiro atoms. The van der Waals surface area contributed by atoms with Crippen molar-refractivity contribution in [2.75, 3.05) is 4.90 Å². The van der Waals surface area contributed by atoms with Crippen molar-refractivity contribution in [3.05, 3.63) is 113 Å². The van der Waals surface area contributed by atoms with Gasteiger partial charge in [0.15, 0.2) is 0 Å². The van der Waals surface area contributed by atoms with Gasteiger partial charge in [-0.15, -0.1) is 11.3 Å². The molecule has 0 radical (unpaired) electrons. The minimum absolute atomic E-state index is 1.09. The number of hydrogen-bond acceptors (Lipinski definition) is 2. The summed E-state index contributed by atoms with van der Waals surface area (Å²) in [4.78, 5) is 2.34. The van der Waals surface area contributed by atoms with Gasteiger partial charge in [-0.2, -0.15) is 0 Å². The second-order valence-corrected chi connectivity index (χ2v) is 8.67. The van der Waals surface area contributed by atoms with E-state index >= 15 is 0 Å². The van der Waals surface area contributed by atoms with E-state index in [9.17, 15) is 0 Å². The van der Waals surface area contributed by atoms with Crippen LogP contribution in [0.4, 0.5) is 17.1 Å². The zero-order valence-corrected chi connectivity index (χ0v) is 18.0. The van der Waals surface area contributed by atoms with E-state index in [0.29, 0.717) is 0 Å². The van der Waals surface area contributed by atoms with Crippen molar-refractivity contribution in [3.63, 3.8) is 0 Å². The van der Waals surface area contributed by atoms with E-state index in [1.165, 1.54) is 26.9 Å². The molecule has 0 saturated carbocycles. The molecule has 0 aliphatic rings. The van der Waals surface area contributed by atoms with Gasteiger partial charge in [-0.25, -0.2) is 0 Å². The Bertz CT molecular complexity index is 1240. The molecule has 140 valence electrons. The van der Waals surface area contributed by atoms with Crippen molar-refractivity contribution in [2.45, 2.75) is 0 Å². The molecule has 1 heterocycles. The van der Waals surface area contributed by atoms with Crippen molar-refractivity contribution in [1.29, 1.82) is 0 Å². The Morgan fingerprint density at radius 3 is 1.90 bits per heavy atom. The molecule has 0 fully saturated rings. The molecule has 1 aromatic heterocycles. The lowest BCUT2D eigenvalue weighted by molar-refractivity contribution is 1.31. The number of rotatable bonds is 4. The van der Waals surface area contributed by atoms with Crippen molar-refractivity contribution in [3.8, 4) is 11.1 Å². The lowest BCUT2D eigenvalue weighted by atomic mass is 10.0. The van der Waals surface area contributed by atoms with Crippen LogP contribution in [0.2, 0.25) is 0 Å². The molecule has 0 N–H and O–H groups in total. The van der Waals surface area contributed by atoms with E-state index in [0.717, 1.165) is 15.8 Å². The fraction of sp³-hybridized carbons (Fsp3) is 0. The second kappa shape index (κ2) is 7.86. The van der Waals surface area contributed by atoms with Gasteiger partial charge < -0.3 is 4.90 Å². The molecule has 0 saturated heterocycles. The van der Waals surface area contributed by atoms with Gasteiger partial charge in [-0.1, -0.05) is 76.6 Å². The molecule has 0 aliphatic carbocycles. The third-order valence-electron chi connectivity index (χ3n) is 5.02. The lowest BCUT2D eigenvalue weighted by Gasteiger charge is -2.25. The molecule has 0 atom stereocenters. The van der Waals surface area contributed by atoms with Gasteiger partial charge in [-0.3, -0.25) is 0 Å². The first kappa shape index (κ1) is 18.2. The Morgan fingerprint density at radius 1 is 0.586 bits per heavy atom. The Labute approximate surface area is 183 Å². The zero-order valence-electron chi connectivity index (χ0n) is 15.6. The van der Waals surface area contributed by atoms with Crippen molar-refractivity contribution < 1.29 is 0 Å². The third kappa shape index (κ3) is 3.59. The van der Waals surface area contributed by atoms with Crippen LogP contribution in [-0.4, -0.2) is 0 Å². The molecule has 5 rings (SSSR count). The highest BCUT2D eigenvalue weighted by atomic mass is 79.9. The maximum absolute atomic E-state index is 3.51. The third-order valence-corrected chi connectivity index (χ3v) is 6.50. The average molecular weight is 456 g/mol. The molecular weight excluding hydrogens is 438 g/mol. The van der Waals surface area contributed by atoms with E-state index < -0.39 is 0 Å². The second-order valence-electron chi connectivity index (χ2n) is 6.84. The molecule has 4 aromatic carbocycles. The number of thiophene rings is 1. The molecule has 29 heavy (non-hydrogen) atoms. The number of halogens is 1. The summed E-state index contributed by atoms with van der Waals surface area (Å²) < 4.78 is 2.40. The highest BCUT2D eigenvalue weighted by Gasteiger charge is 2.16. The summed E-state index contributed by atoms with van der Waals surface area (Å²) in [6, 6.07) is 36.4. The van der Waals surface area contributed by atoms with Gasteiger partial charge in [-0.05, 0) is 53.6 Å². The molecule has 0 bridgehead atoms. The quantitative estimate of drug-likeness (QED) is 0.261. The highest BCUT2D eigenvalue weighted by Crippen LogP contribution is 2.42. The molecular formula is C26H18BrNS. The smallest absolute Gasteiger partial charge is 0.0647 e. The highest BCUT2D eigenvalue weighted by molar-refractivity contribution is 9.10. The maximum atomic E-state index is 3.51. The normalized spacial score (nSPS) is 10.9. The van der Waals surface area contributed by atoms with E-state index in [-0.39, 0.29) is 0 Å². The molecule has 0 aliphatic heterocycles. The predicted octanol–water partition coefficient (Wildman–Crippen LogP) is 8.80. The number of anilines is 3. The lowest BCUT2D eigenvalue weighted by Crippen LogP contribution is -2.09. The van der Waals surface area contributed by atoms with Crippen LogP contribution >= 0.6 is 27.3 Å². The number of benzene rings is 4. The van der Waals surface area contributed by atoms with Gasteiger partial charge in [0.1, 0.15) is 0 Å². The monoisotopic (exact) mass is 455 g/mol. The first-order valence-corrected chi connectivity index (χ1v) is 11.1. The summed E-state index contributed by atoms with van der Waals surface area (Å²) in [5.74, 6) is 0. The van der Waals surface area contributed by atoms with E-state index in [1.807, 2.05) is 0 Å². The number of fused-ring (bicyclic) bond motifs is 1. The van der Waals surface area contributed by atoms with Gasteiger partial charge >= 0.3 is 0 Å². The SMILES string of the molecule is Brc1ccc(-c2ccc(N(c3ccccc3)c3csc4ccccc34)cc2)cc1. The van der Waals surface area contributed by atoms with Crippen LogP contribution in [0, 0.1) is 0 Å². The van der Waals surface area contributed by atoms with Gasteiger partial charge in [0.2, 0.25) is 0 Å². The van der Waals surface area contributed by atoms with Crippen LogP contribution < -0.4 is 4.90 Å². The summed E-state index contributed by atoms with van der Waals surface area (Å²) in [5, 5.41) is 3.53. The van der Waals surface area contributed by atoms with E-state index in [4.69, 9.17) is 0 Å². The van der Waals surface area contributed by atoms with Crippen molar-refractivity contribution >= 4 is 54.4 Å². The van der Waals surface area contributed by atoms with Gasteiger partial charge in [0, 0.05) is 31.3 Å². The fourth-order valence-electron chi connectivity index (χ4n) is 3.59. The molecule has 0 unspecified atom stereocenters. The minimum atomic E-state index is 1.09. The van der Waals surface area contributed by atoms with E-state index in [1.54, 1.807) is 11.3 Å². The number of nitrogens with zero attached hydrogens (tertiary/aromatic N) is 1. The largest absolute Gasteiger partial charge is 0.309 e. The summed E-state index contributed by atoms with van der Waals surface area (Å²) in [6.45, 7) is 0. The molecule has 1 nitrogen and oxygen atoms in total. The number of para-hydroxylation sites is 1. The van der Waals surface area contributed by atoms with Crippen molar-refractivity contribution in [1.82, 2.24) is 0 Å². The standard InChI is InChI=1S/C26H18BrNS/c27-21-14-10-19(11-15-21)20-12-16-23(17-13-20)28(22-6-2-1-3-7-22)25-18-29-26-9-5-4-8-24(25)26/h1-18H. The van der Waals surface area contributed by atoms with E-state index in [2.05, 4.69) is 129 Å². The Hall–Kier alpha value is -2.88. The van der Waals surface area contributed by atoms with Crippen LogP contribution in [0.1, 0.15) is 0 Å². The first-order valence-electron chi connectivity index (χ1n) is 9.47. The summed E-state index contributed by atoms with van der Waals surface area (Å²) in [7, 11) is 0. The fourth-order valence-corrected chi connectivity index (χ4v) is 4.78. The van der Waals surface area contributed by atoms with Crippen LogP contribution in [0.3, 0.4) is 0 Å². The van der Waals surface area contributed by atoms with Crippen LogP contribution in [0.15, 0.2) is 113 Å². The first-order chi connectivity index (χ1) is 14.3. The van der Waals surface area contributed by atoms with Gasteiger partial charge in [0.05, 0.1) is 5.69 Å². The minimum Gasteiger partial charge on any atom is -0.309 e. The van der Waals surface area contributed by atoms with Crippen LogP contribution in [-0.2, 0) is 0 Å². The zero-order chi connectivity index (χ0) is 19.6. The maximum Gasteiger partial charge on any atom is 0.0647 e. The topological polar surface area (TPSA) is 3.24 Å². The van der Waals surface area contributed by atoms with Crippen LogP contribution in [0.25, 0.3) is 21.2 Å². The van der Waals surface area contributed by atoms with Crippen LogP contribution in [0.5, 0.6) is 0 Å². The Morgan fingerprint density at radius 2 is 1.17 bits per heavy atom. The summed E-state index contributed by atoms with van der Waals surface area (Å²) >= 11 is 5.30. The Kier molecular flexibility index (Phi) is 4.92. The van der Waals surface area contributed by atoms with Gasteiger partial charge in [0.25, 0.3) is 0 Å². The Balaban J connectivity index is 1.61. The average Bonchev–Trinajstić information content (AvgIpc) is 3.20. The summed E-state index contributed by atoms with van der Waals surface area (Å²) in [5.41, 5.74) is 5.96.